The highest BCUT2D eigenvalue weighted by atomic mass is 32.1. The molecule has 2 aliphatic rings. The number of benzene rings is 1. The molecular formula is C24H26N2O3S. The number of hydrogen-bond donors (Lipinski definition) is 1. The molecule has 0 saturated carbocycles. The number of rotatable bonds is 4. The molecule has 0 unspecified atom stereocenters. The Morgan fingerprint density at radius 1 is 1.30 bits per heavy atom. The molecule has 0 radical (unpaired) electrons. The first kappa shape index (κ1) is 19.5. The molecule has 5 rings (SSSR count). The van der Waals surface area contributed by atoms with E-state index in [4.69, 9.17) is 4.74 Å². The van der Waals surface area contributed by atoms with Crippen LogP contribution in [0, 0.1) is 5.92 Å². The van der Waals surface area contributed by atoms with Crippen molar-refractivity contribution < 1.29 is 9.53 Å². The third kappa shape index (κ3) is 3.58. The topological polar surface area (TPSA) is 72.0 Å². The van der Waals surface area contributed by atoms with E-state index in [-0.39, 0.29) is 17.9 Å². The molecule has 3 aromatic rings. The minimum absolute atomic E-state index is 0.122. The van der Waals surface area contributed by atoms with Gasteiger partial charge in [0.2, 0.25) is 0 Å². The summed E-state index contributed by atoms with van der Waals surface area (Å²) in [5.74, 6) is 0.757. The first-order valence-electron chi connectivity index (χ1n) is 10.8. The Morgan fingerprint density at radius 2 is 2.13 bits per heavy atom. The molecule has 0 aliphatic heterocycles. The molecule has 0 saturated heterocycles. The van der Waals surface area contributed by atoms with Gasteiger partial charge in [-0.05, 0) is 73.6 Å². The predicted octanol–water partition coefficient (Wildman–Crippen LogP) is 4.45. The fourth-order valence-corrected chi connectivity index (χ4v) is 6.14. The third-order valence-electron chi connectivity index (χ3n) is 6.39. The van der Waals surface area contributed by atoms with Crippen LogP contribution in [0.1, 0.15) is 65.7 Å². The van der Waals surface area contributed by atoms with Crippen LogP contribution < -0.4 is 5.56 Å². The lowest BCUT2D eigenvalue weighted by Gasteiger charge is -2.17. The normalized spacial score (nSPS) is 18.8. The van der Waals surface area contributed by atoms with Crippen molar-refractivity contribution in [2.75, 3.05) is 0 Å². The van der Waals surface area contributed by atoms with E-state index in [0.717, 1.165) is 53.4 Å². The van der Waals surface area contributed by atoms with Gasteiger partial charge in [0.25, 0.3) is 5.56 Å². The van der Waals surface area contributed by atoms with Gasteiger partial charge in [0, 0.05) is 4.88 Å². The zero-order valence-corrected chi connectivity index (χ0v) is 18.2. The number of ether oxygens (including phenoxy) is 1. The van der Waals surface area contributed by atoms with Crippen molar-refractivity contribution in [2.45, 2.75) is 64.9 Å². The smallest absolute Gasteiger partial charge is 0.310 e. The van der Waals surface area contributed by atoms with E-state index < -0.39 is 6.10 Å². The average molecular weight is 423 g/mol. The quantitative estimate of drug-likeness (QED) is 0.631. The Bertz CT molecular complexity index is 1190. The van der Waals surface area contributed by atoms with Crippen molar-refractivity contribution in [1.29, 1.82) is 0 Å². The van der Waals surface area contributed by atoms with Crippen LogP contribution in [0.25, 0.3) is 10.2 Å². The zero-order chi connectivity index (χ0) is 20.8. The first-order valence-corrected chi connectivity index (χ1v) is 11.6. The molecule has 2 atom stereocenters. The van der Waals surface area contributed by atoms with Crippen molar-refractivity contribution in [1.82, 2.24) is 9.97 Å². The Hall–Kier alpha value is -2.47. The summed E-state index contributed by atoms with van der Waals surface area (Å²) in [6.07, 6.45) is 6.09. The molecule has 156 valence electrons. The van der Waals surface area contributed by atoms with Gasteiger partial charge in [-0.25, -0.2) is 4.98 Å². The second-order valence-corrected chi connectivity index (χ2v) is 9.83. The van der Waals surface area contributed by atoms with Crippen LogP contribution in [-0.4, -0.2) is 15.9 Å². The number of fused-ring (bicyclic) bond motifs is 4. The van der Waals surface area contributed by atoms with E-state index in [1.54, 1.807) is 18.3 Å². The second-order valence-electron chi connectivity index (χ2n) is 8.75. The van der Waals surface area contributed by atoms with Gasteiger partial charge in [-0.1, -0.05) is 25.1 Å². The summed E-state index contributed by atoms with van der Waals surface area (Å²) in [6, 6.07) is 6.26. The fourth-order valence-electron chi connectivity index (χ4n) is 4.75. The Morgan fingerprint density at radius 3 is 3.00 bits per heavy atom. The van der Waals surface area contributed by atoms with Crippen molar-refractivity contribution in [3.63, 3.8) is 0 Å². The molecule has 6 heteroatoms. The molecular weight excluding hydrogens is 396 g/mol. The number of nitrogens with one attached hydrogen (secondary N) is 1. The number of nitrogens with zero attached hydrogens (tertiary/aromatic N) is 1. The molecule has 2 heterocycles. The number of hydrogen-bond acceptors (Lipinski definition) is 5. The number of aryl methyl sites for hydroxylation is 3. The van der Waals surface area contributed by atoms with Crippen LogP contribution in [-0.2, 0) is 41.6 Å². The molecule has 0 spiro atoms. The van der Waals surface area contributed by atoms with E-state index in [9.17, 15) is 9.59 Å². The van der Waals surface area contributed by atoms with Crippen LogP contribution in [0.15, 0.2) is 23.0 Å². The van der Waals surface area contributed by atoms with E-state index in [1.807, 2.05) is 6.07 Å². The van der Waals surface area contributed by atoms with Gasteiger partial charge < -0.3 is 9.72 Å². The highest BCUT2D eigenvalue weighted by molar-refractivity contribution is 7.18. The largest absolute Gasteiger partial charge is 0.454 e. The molecule has 0 fully saturated rings. The van der Waals surface area contributed by atoms with Gasteiger partial charge in [-0.15, -0.1) is 11.3 Å². The minimum Gasteiger partial charge on any atom is -0.454 e. The highest BCUT2D eigenvalue weighted by Gasteiger charge is 2.24. The Kier molecular flexibility index (Phi) is 4.97. The summed E-state index contributed by atoms with van der Waals surface area (Å²) in [5.41, 5.74) is 4.76. The van der Waals surface area contributed by atoms with Gasteiger partial charge in [0.1, 0.15) is 4.83 Å². The molecule has 0 amide bonds. The van der Waals surface area contributed by atoms with E-state index in [1.165, 1.54) is 22.4 Å². The number of esters is 1. The molecule has 2 aliphatic carbocycles. The van der Waals surface area contributed by atoms with Crippen LogP contribution in [0.2, 0.25) is 0 Å². The fraction of sp³-hybridized carbons (Fsp3) is 0.458. The van der Waals surface area contributed by atoms with Crippen molar-refractivity contribution in [3.05, 3.63) is 61.5 Å². The molecule has 30 heavy (non-hydrogen) atoms. The summed E-state index contributed by atoms with van der Waals surface area (Å²) in [6.45, 7) is 4.01. The van der Waals surface area contributed by atoms with Crippen molar-refractivity contribution >= 4 is 27.5 Å². The van der Waals surface area contributed by atoms with Crippen molar-refractivity contribution in [2.24, 2.45) is 5.92 Å². The standard InChI is InChI=1S/C24H26N2O3S/c1-13-6-9-18-19(10-13)30-24-21(18)23(28)25-22(26-24)14(2)29-20(27)12-15-7-8-16-4-3-5-17(16)11-15/h7-8,11,13-14H,3-6,9-10,12H2,1-2H3,(H,25,26,28)/t13-,14-/m1/s1. The van der Waals surface area contributed by atoms with E-state index in [2.05, 4.69) is 29.0 Å². The molecule has 0 bridgehead atoms. The summed E-state index contributed by atoms with van der Waals surface area (Å²) in [4.78, 5) is 34.8. The van der Waals surface area contributed by atoms with Gasteiger partial charge in [-0.3, -0.25) is 9.59 Å². The lowest BCUT2D eigenvalue weighted by Crippen LogP contribution is -2.19. The SMILES string of the molecule is C[C@@H]1CCc2c(sc3nc([C@@H](C)OC(=O)Cc4ccc5c(c4)CCC5)[nH]c(=O)c23)C1. The van der Waals surface area contributed by atoms with Crippen LogP contribution in [0.5, 0.6) is 0 Å². The van der Waals surface area contributed by atoms with Gasteiger partial charge in [-0.2, -0.15) is 0 Å². The lowest BCUT2D eigenvalue weighted by molar-refractivity contribution is -0.148. The molecule has 5 nitrogen and oxygen atoms in total. The minimum atomic E-state index is -0.595. The molecule has 1 aromatic carbocycles. The van der Waals surface area contributed by atoms with Crippen LogP contribution in [0.3, 0.4) is 0 Å². The summed E-state index contributed by atoms with van der Waals surface area (Å²) >= 11 is 1.61. The summed E-state index contributed by atoms with van der Waals surface area (Å²) < 4.78 is 5.62. The highest BCUT2D eigenvalue weighted by Crippen LogP contribution is 2.36. The van der Waals surface area contributed by atoms with Gasteiger partial charge >= 0.3 is 5.97 Å². The van der Waals surface area contributed by atoms with Gasteiger partial charge in [0.15, 0.2) is 11.9 Å². The van der Waals surface area contributed by atoms with Crippen LogP contribution in [0.4, 0.5) is 0 Å². The molecule has 1 N–H and O–H groups in total. The lowest BCUT2D eigenvalue weighted by atomic mass is 9.89. The van der Waals surface area contributed by atoms with E-state index >= 15 is 0 Å². The maximum atomic E-state index is 12.8. The number of carbonyl (C=O) groups is 1. The number of thiophene rings is 1. The van der Waals surface area contributed by atoms with Gasteiger partial charge in [0.05, 0.1) is 11.8 Å². The Balaban J connectivity index is 1.34. The predicted molar refractivity (Wildman–Crippen MR) is 118 cm³/mol. The first-order chi connectivity index (χ1) is 14.5. The summed E-state index contributed by atoms with van der Waals surface area (Å²) in [5, 5.41) is 0.724. The number of carbonyl (C=O) groups excluding carboxylic acids is 1. The van der Waals surface area contributed by atoms with E-state index in [0.29, 0.717) is 11.7 Å². The molecule has 2 aromatic heterocycles. The monoisotopic (exact) mass is 422 g/mol. The van der Waals surface area contributed by atoms with Crippen molar-refractivity contribution in [3.8, 4) is 0 Å². The number of aromatic nitrogens is 2. The average Bonchev–Trinajstić information content (AvgIpc) is 3.30. The zero-order valence-electron chi connectivity index (χ0n) is 17.4. The number of aromatic amines is 1. The van der Waals surface area contributed by atoms with Crippen LogP contribution >= 0.6 is 11.3 Å². The second kappa shape index (κ2) is 7.65. The third-order valence-corrected chi connectivity index (χ3v) is 7.54. The Labute approximate surface area is 179 Å². The maximum absolute atomic E-state index is 12.8. The number of H-pyrrole nitrogens is 1. The maximum Gasteiger partial charge on any atom is 0.310 e. The summed E-state index contributed by atoms with van der Waals surface area (Å²) in [7, 11) is 0.